The van der Waals surface area contributed by atoms with Crippen LogP contribution >= 0.6 is 0 Å². The second-order valence-corrected chi connectivity index (χ2v) is 3.93. The minimum absolute atomic E-state index is 0.209. The standard InChI is InChI=1S/C11H20O2/c1-3-9(2)6-11(12)7-10-4-5-13-8-10/h10-12H,2-8H2,1H3. The van der Waals surface area contributed by atoms with Gasteiger partial charge in [-0.25, -0.2) is 0 Å². The van der Waals surface area contributed by atoms with Crippen molar-refractivity contribution in [3.8, 4) is 0 Å². The lowest BCUT2D eigenvalue weighted by Gasteiger charge is -2.14. The second-order valence-electron chi connectivity index (χ2n) is 3.93. The van der Waals surface area contributed by atoms with Gasteiger partial charge in [0.2, 0.25) is 0 Å². The summed E-state index contributed by atoms with van der Waals surface area (Å²) in [5, 5.41) is 9.69. The first kappa shape index (κ1) is 10.7. The third-order valence-electron chi connectivity index (χ3n) is 2.65. The van der Waals surface area contributed by atoms with Gasteiger partial charge >= 0.3 is 0 Å². The fraction of sp³-hybridized carbons (Fsp3) is 0.818. The molecule has 1 aliphatic heterocycles. The monoisotopic (exact) mass is 184 g/mol. The molecule has 0 aromatic carbocycles. The van der Waals surface area contributed by atoms with Crippen LogP contribution in [0.5, 0.6) is 0 Å². The normalized spacial score (nSPS) is 24.6. The first-order chi connectivity index (χ1) is 6.22. The molecule has 0 saturated carbocycles. The van der Waals surface area contributed by atoms with Crippen LogP contribution in [0.3, 0.4) is 0 Å². The van der Waals surface area contributed by atoms with Crippen molar-refractivity contribution in [3.05, 3.63) is 12.2 Å². The molecule has 0 bridgehead atoms. The molecular formula is C11H20O2. The zero-order valence-electron chi connectivity index (χ0n) is 8.46. The van der Waals surface area contributed by atoms with Gasteiger partial charge in [-0.3, -0.25) is 0 Å². The third kappa shape index (κ3) is 3.92. The Morgan fingerprint density at radius 3 is 3.00 bits per heavy atom. The van der Waals surface area contributed by atoms with E-state index >= 15 is 0 Å². The Labute approximate surface area is 80.6 Å². The lowest BCUT2D eigenvalue weighted by Crippen LogP contribution is -2.14. The molecule has 76 valence electrons. The van der Waals surface area contributed by atoms with Crippen LogP contribution in [0.15, 0.2) is 12.2 Å². The van der Waals surface area contributed by atoms with Gasteiger partial charge in [0.15, 0.2) is 0 Å². The van der Waals surface area contributed by atoms with E-state index in [4.69, 9.17) is 4.74 Å². The van der Waals surface area contributed by atoms with Crippen LogP contribution in [0.4, 0.5) is 0 Å². The van der Waals surface area contributed by atoms with Crippen molar-refractivity contribution in [1.29, 1.82) is 0 Å². The number of ether oxygens (including phenoxy) is 1. The largest absolute Gasteiger partial charge is 0.393 e. The van der Waals surface area contributed by atoms with Crippen LogP contribution in [0.1, 0.15) is 32.6 Å². The highest BCUT2D eigenvalue weighted by atomic mass is 16.5. The molecule has 1 N–H and O–H groups in total. The van der Waals surface area contributed by atoms with Crippen molar-refractivity contribution in [2.24, 2.45) is 5.92 Å². The molecule has 0 spiro atoms. The molecule has 0 aromatic heterocycles. The number of rotatable bonds is 5. The SMILES string of the molecule is C=C(CC)CC(O)CC1CCOC1. The predicted octanol–water partition coefficient (Wildman–Crippen LogP) is 2.13. The minimum Gasteiger partial charge on any atom is -0.393 e. The van der Waals surface area contributed by atoms with Gasteiger partial charge in [-0.15, -0.1) is 0 Å². The zero-order valence-corrected chi connectivity index (χ0v) is 8.46. The molecule has 2 atom stereocenters. The fourth-order valence-corrected chi connectivity index (χ4v) is 1.71. The highest BCUT2D eigenvalue weighted by Gasteiger charge is 2.19. The average Bonchev–Trinajstić information content (AvgIpc) is 2.56. The van der Waals surface area contributed by atoms with Crippen molar-refractivity contribution in [2.75, 3.05) is 13.2 Å². The molecule has 1 saturated heterocycles. The summed E-state index contributed by atoms with van der Waals surface area (Å²) in [6.45, 7) is 7.67. The maximum Gasteiger partial charge on any atom is 0.0580 e. The number of hydrogen-bond acceptors (Lipinski definition) is 2. The Morgan fingerprint density at radius 2 is 2.46 bits per heavy atom. The van der Waals surface area contributed by atoms with Crippen molar-refractivity contribution in [1.82, 2.24) is 0 Å². The summed E-state index contributed by atoms with van der Waals surface area (Å²) in [5.74, 6) is 0.569. The van der Waals surface area contributed by atoms with Gasteiger partial charge in [0.05, 0.1) is 6.10 Å². The lowest BCUT2D eigenvalue weighted by atomic mass is 9.96. The van der Waals surface area contributed by atoms with E-state index in [2.05, 4.69) is 13.5 Å². The van der Waals surface area contributed by atoms with Gasteiger partial charge < -0.3 is 9.84 Å². The summed E-state index contributed by atoms with van der Waals surface area (Å²) in [6.07, 6.45) is 3.50. The van der Waals surface area contributed by atoms with Crippen molar-refractivity contribution >= 4 is 0 Å². The molecule has 2 unspecified atom stereocenters. The molecule has 1 rings (SSSR count). The van der Waals surface area contributed by atoms with Crippen LogP contribution in [0.25, 0.3) is 0 Å². The summed E-state index contributed by atoms with van der Waals surface area (Å²) in [6, 6.07) is 0. The summed E-state index contributed by atoms with van der Waals surface area (Å²) in [5.41, 5.74) is 1.14. The molecule has 13 heavy (non-hydrogen) atoms. The van der Waals surface area contributed by atoms with Crippen molar-refractivity contribution < 1.29 is 9.84 Å². The Balaban J connectivity index is 2.16. The molecule has 2 heteroatoms. The van der Waals surface area contributed by atoms with Crippen LogP contribution in [-0.4, -0.2) is 24.4 Å². The number of aliphatic hydroxyl groups is 1. The molecule has 1 heterocycles. The quantitative estimate of drug-likeness (QED) is 0.663. The smallest absolute Gasteiger partial charge is 0.0580 e. The molecule has 1 fully saturated rings. The van der Waals surface area contributed by atoms with Crippen molar-refractivity contribution in [2.45, 2.75) is 38.7 Å². The Bertz CT molecular complexity index is 159. The molecular weight excluding hydrogens is 164 g/mol. The molecule has 0 aromatic rings. The molecule has 0 aliphatic carbocycles. The molecule has 1 aliphatic rings. The maximum absolute atomic E-state index is 9.69. The molecule has 2 nitrogen and oxygen atoms in total. The van der Waals surface area contributed by atoms with E-state index in [1.54, 1.807) is 0 Å². The predicted molar refractivity (Wildman–Crippen MR) is 53.6 cm³/mol. The minimum atomic E-state index is -0.209. The average molecular weight is 184 g/mol. The lowest BCUT2D eigenvalue weighted by molar-refractivity contribution is 0.128. The Hall–Kier alpha value is -0.340. The molecule has 0 amide bonds. The first-order valence-corrected chi connectivity index (χ1v) is 5.14. The van der Waals surface area contributed by atoms with E-state index in [0.717, 1.165) is 44.5 Å². The summed E-state index contributed by atoms with van der Waals surface area (Å²) in [7, 11) is 0. The van der Waals surface area contributed by atoms with Crippen LogP contribution in [0.2, 0.25) is 0 Å². The van der Waals surface area contributed by atoms with Crippen LogP contribution in [-0.2, 0) is 4.74 Å². The van der Waals surface area contributed by atoms with E-state index in [1.165, 1.54) is 0 Å². The third-order valence-corrected chi connectivity index (χ3v) is 2.65. The van der Waals surface area contributed by atoms with E-state index in [9.17, 15) is 5.11 Å². The van der Waals surface area contributed by atoms with E-state index < -0.39 is 0 Å². The van der Waals surface area contributed by atoms with Crippen LogP contribution in [0, 0.1) is 5.92 Å². The van der Waals surface area contributed by atoms with Gasteiger partial charge in [-0.05, 0) is 31.6 Å². The highest BCUT2D eigenvalue weighted by Crippen LogP contribution is 2.21. The summed E-state index contributed by atoms with van der Waals surface area (Å²) < 4.78 is 5.26. The van der Waals surface area contributed by atoms with Gasteiger partial charge in [0.25, 0.3) is 0 Å². The van der Waals surface area contributed by atoms with E-state index in [0.29, 0.717) is 5.92 Å². The van der Waals surface area contributed by atoms with Crippen LogP contribution < -0.4 is 0 Å². The number of aliphatic hydroxyl groups excluding tert-OH is 1. The van der Waals surface area contributed by atoms with Gasteiger partial charge in [0, 0.05) is 13.2 Å². The zero-order chi connectivity index (χ0) is 9.68. The first-order valence-electron chi connectivity index (χ1n) is 5.14. The highest BCUT2D eigenvalue weighted by molar-refractivity contribution is 4.94. The van der Waals surface area contributed by atoms with E-state index in [-0.39, 0.29) is 6.10 Å². The maximum atomic E-state index is 9.69. The molecule has 0 radical (unpaired) electrons. The fourth-order valence-electron chi connectivity index (χ4n) is 1.71. The van der Waals surface area contributed by atoms with Crippen molar-refractivity contribution in [3.63, 3.8) is 0 Å². The Kier molecular flexibility index (Phi) is 4.46. The van der Waals surface area contributed by atoms with Gasteiger partial charge in [0.1, 0.15) is 0 Å². The van der Waals surface area contributed by atoms with Gasteiger partial charge in [-0.1, -0.05) is 19.1 Å². The van der Waals surface area contributed by atoms with Gasteiger partial charge in [-0.2, -0.15) is 0 Å². The Morgan fingerprint density at radius 1 is 1.69 bits per heavy atom. The number of hydrogen-bond donors (Lipinski definition) is 1. The summed E-state index contributed by atoms with van der Waals surface area (Å²) in [4.78, 5) is 0. The summed E-state index contributed by atoms with van der Waals surface area (Å²) >= 11 is 0. The van der Waals surface area contributed by atoms with E-state index in [1.807, 2.05) is 0 Å². The topological polar surface area (TPSA) is 29.5 Å². The second kappa shape index (κ2) is 5.40.